The summed E-state index contributed by atoms with van der Waals surface area (Å²) in [7, 11) is 1.91. The first-order valence-electron chi connectivity index (χ1n) is 6.77. The van der Waals surface area contributed by atoms with Crippen molar-refractivity contribution < 1.29 is 4.39 Å². The highest BCUT2D eigenvalue weighted by molar-refractivity contribution is 9.10. The minimum atomic E-state index is -0.232. The quantitative estimate of drug-likeness (QED) is 0.871. The van der Waals surface area contributed by atoms with Crippen molar-refractivity contribution in [1.29, 1.82) is 0 Å². The van der Waals surface area contributed by atoms with Crippen LogP contribution in [0.3, 0.4) is 0 Å². The molecule has 1 aromatic heterocycles. The zero-order chi connectivity index (χ0) is 14.5. The van der Waals surface area contributed by atoms with E-state index in [9.17, 15) is 4.39 Å². The van der Waals surface area contributed by atoms with Crippen LogP contribution in [0.4, 0.5) is 4.39 Å². The van der Waals surface area contributed by atoms with E-state index in [1.807, 2.05) is 31.4 Å². The molecule has 1 unspecified atom stereocenters. The first-order valence-corrected chi connectivity index (χ1v) is 7.56. The topological polar surface area (TPSA) is 29.9 Å². The van der Waals surface area contributed by atoms with Gasteiger partial charge in [-0.05, 0) is 59.1 Å². The van der Waals surface area contributed by atoms with Gasteiger partial charge in [0.25, 0.3) is 0 Å². The molecule has 2 rings (SSSR count). The van der Waals surface area contributed by atoms with Gasteiger partial charge in [-0.15, -0.1) is 0 Å². The smallest absolute Gasteiger partial charge is 0.137 e. The highest BCUT2D eigenvalue weighted by Gasteiger charge is 2.15. The summed E-state index contributed by atoms with van der Waals surface area (Å²) in [6, 6.07) is 7.32. The second-order valence-corrected chi connectivity index (χ2v) is 5.73. The Morgan fingerprint density at radius 3 is 2.80 bits per heavy atom. The van der Waals surface area contributed by atoms with Gasteiger partial charge in [0.1, 0.15) is 5.82 Å². The molecule has 0 saturated heterocycles. The van der Waals surface area contributed by atoms with Crippen LogP contribution in [0.1, 0.15) is 30.6 Å². The van der Waals surface area contributed by atoms with E-state index in [0.717, 1.165) is 30.6 Å². The van der Waals surface area contributed by atoms with Gasteiger partial charge in [0.15, 0.2) is 0 Å². The first kappa shape index (κ1) is 15.2. The zero-order valence-electron chi connectivity index (χ0n) is 11.7. The van der Waals surface area contributed by atoms with Crippen molar-refractivity contribution in [2.75, 3.05) is 6.54 Å². The Kier molecular flexibility index (Phi) is 5.31. The molecule has 0 aliphatic rings. The molecule has 0 saturated carbocycles. The van der Waals surface area contributed by atoms with Gasteiger partial charge in [-0.2, -0.15) is 5.10 Å². The van der Waals surface area contributed by atoms with E-state index in [1.165, 1.54) is 6.07 Å². The molecule has 1 heterocycles. The van der Waals surface area contributed by atoms with Crippen LogP contribution in [0.25, 0.3) is 0 Å². The Balaban J connectivity index is 2.16. The summed E-state index contributed by atoms with van der Waals surface area (Å²) in [5.41, 5.74) is 2.10. The van der Waals surface area contributed by atoms with Crippen molar-refractivity contribution in [1.82, 2.24) is 15.1 Å². The van der Waals surface area contributed by atoms with Crippen LogP contribution >= 0.6 is 15.9 Å². The Hall–Kier alpha value is -1.20. The number of rotatable bonds is 6. The average molecular weight is 340 g/mol. The number of nitrogens with one attached hydrogen (secondary N) is 1. The Morgan fingerprint density at radius 1 is 1.40 bits per heavy atom. The number of aryl methyl sites for hydroxylation is 1. The van der Waals surface area contributed by atoms with Crippen molar-refractivity contribution >= 4 is 15.9 Å². The van der Waals surface area contributed by atoms with Crippen molar-refractivity contribution in [3.8, 4) is 0 Å². The molecule has 0 bridgehead atoms. The molecule has 1 N–H and O–H groups in total. The highest BCUT2D eigenvalue weighted by Crippen LogP contribution is 2.21. The SMILES string of the molecule is CCCNC(Cc1ccc(F)c(Br)c1)c1ccn(C)n1. The van der Waals surface area contributed by atoms with E-state index in [-0.39, 0.29) is 11.9 Å². The minimum Gasteiger partial charge on any atom is -0.308 e. The molecule has 108 valence electrons. The van der Waals surface area contributed by atoms with Crippen LogP contribution in [0.5, 0.6) is 0 Å². The summed E-state index contributed by atoms with van der Waals surface area (Å²) in [6.45, 7) is 3.07. The first-order chi connectivity index (χ1) is 9.60. The maximum Gasteiger partial charge on any atom is 0.137 e. The van der Waals surface area contributed by atoms with Gasteiger partial charge >= 0.3 is 0 Å². The van der Waals surface area contributed by atoms with Crippen LogP contribution < -0.4 is 5.32 Å². The fourth-order valence-electron chi connectivity index (χ4n) is 2.12. The molecule has 0 radical (unpaired) electrons. The molecule has 0 amide bonds. The maximum absolute atomic E-state index is 13.3. The summed E-state index contributed by atoms with van der Waals surface area (Å²) < 4.78 is 15.6. The lowest BCUT2D eigenvalue weighted by molar-refractivity contribution is 0.510. The Bertz CT molecular complexity index is 568. The molecule has 0 aliphatic heterocycles. The van der Waals surface area contributed by atoms with Gasteiger partial charge in [0.2, 0.25) is 0 Å². The molecular weight excluding hydrogens is 321 g/mol. The standard InChI is InChI=1S/C15H19BrFN3/c1-3-7-18-15(14-6-8-20(2)19-14)10-11-4-5-13(17)12(16)9-11/h4-6,8-9,15,18H,3,7,10H2,1-2H3. The number of nitrogens with zero attached hydrogens (tertiary/aromatic N) is 2. The van der Waals surface area contributed by atoms with Crippen molar-refractivity contribution in [3.05, 3.63) is 52.0 Å². The van der Waals surface area contributed by atoms with Gasteiger partial charge in [0, 0.05) is 13.2 Å². The summed E-state index contributed by atoms with van der Waals surface area (Å²) >= 11 is 3.23. The molecule has 1 aromatic carbocycles. The maximum atomic E-state index is 13.3. The van der Waals surface area contributed by atoms with Crippen molar-refractivity contribution in [2.45, 2.75) is 25.8 Å². The summed E-state index contributed by atoms with van der Waals surface area (Å²) in [5.74, 6) is -0.232. The van der Waals surface area contributed by atoms with Crippen LogP contribution in [0.15, 0.2) is 34.9 Å². The second kappa shape index (κ2) is 6.99. The summed E-state index contributed by atoms with van der Waals surface area (Å²) in [6.07, 6.45) is 3.79. The van der Waals surface area contributed by atoms with E-state index in [4.69, 9.17) is 0 Å². The van der Waals surface area contributed by atoms with Gasteiger partial charge in [-0.1, -0.05) is 13.0 Å². The number of benzene rings is 1. The molecule has 0 spiro atoms. The average Bonchev–Trinajstić information content (AvgIpc) is 2.85. The van der Waals surface area contributed by atoms with E-state index >= 15 is 0 Å². The molecule has 0 aliphatic carbocycles. The highest BCUT2D eigenvalue weighted by atomic mass is 79.9. The Morgan fingerprint density at radius 2 is 2.20 bits per heavy atom. The molecule has 0 fully saturated rings. The predicted molar refractivity (Wildman–Crippen MR) is 82.0 cm³/mol. The van der Waals surface area contributed by atoms with E-state index in [2.05, 4.69) is 33.3 Å². The second-order valence-electron chi connectivity index (χ2n) is 4.87. The molecule has 3 nitrogen and oxygen atoms in total. The van der Waals surface area contributed by atoms with E-state index in [1.54, 1.807) is 4.68 Å². The molecule has 2 aromatic rings. The third kappa shape index (κ3) is 3.90. The van der Waals surface area contributed by atoms with Crippen molar-refractivity contribution in [2.24, 2.45) is 7.05 Å². The minimum absolute atomic E-state index is 0.147. The number of halogens is 2. The number of hydrogen-bond acceptors (Lipinski definition) is 2. The monoisotopic (exact) mass is 339 g/mol. The number of hydrogen-bond donors (Lipinski definition) is 1. The van der Waals surface area contributed by atoms with Gasteiger partial charge in [-0.25, -0.2) is 4.39 Å². The number of aromatic nitrogens is 2. The fourth-order valence-corrected chi connectivity index (χ4v) is 2.55. The fraction of sp³-hybridized carbons (Fsp3) is 0.400. The van der Waals surface area contributed by atoms with Gasteiger partial charge in [-0.3, -0.25) is 4.68 Å². The molecule has 5 heteroatoms. The van der Waals surface area contributed by atoms with E-state index in [0.29, 0.717) is 4.47 Å². The Labute approximate surface area is 127 Å². The third-order valence-electron chi connectivity index (χ3n) is 3.16. The zero-order valence-corrected chi connectivity index (χ0v) is 13.3. The lowest BCUT2D eigenvalue weighted by Crippen LogP contribution is -2.24. The lowest BCUT2D eigenvalue weighted by atomic mass is 10.0. The van der Waals surface area contributed by atoms with Crippen LogP contribution in [-0.4, -0.2) is 16.3 Å². The van der Waals surface area contributed by atoms with Crippen LogP contribution in [-0.2, 0) is 13.5 Å². The summed E-state index contributed by atoms with van der Waals surface area (Å²) in [5, 5.41) is 7.97. The van der Waals surface area contributed by atoms with E-state index < -0.39 is 0 Å². The largest absolute Gasteiger partial charge is 0.308 e. The van der Waals surface area contributed by atoms with Crippen molar-refractivity contribution in [3.63, 3.8) is 0 Å². The molecule has 20 heavy (non-hydrogen) atoms. The predicted octanol–water partition coefficient (Wildman–Crippen LogP) is 3.61. The normalized spacial score (nSPS) is 12.6. The van der Waals surface area contributed by atoms with Gasteiger partial charge in [0.05, 0.1) is 16.2 Å². The summed E-state index contributed by atoms with van der Waals surface area (Å²) in [4.78, 5) is 0. The lowest BCUT2D eigenvalue weighted by Gasteiger charge is -2.17. The third-order valence-corrected chi connectivity index (χ3v) is 3.76. The molecular formula is C15H19BrFN3. The van der Waals surface area contributed by atoms with Gasteiger partial charge < -0.3 is 5.32 Å². The molecule has 1 atom stereocenters. The van der Waals surface area contributed by atoms with Crippen LogP contribution in [0.2, 0.25) is 0 Å². The van der Waals surface area contributed by atoms with Crippen LogP contribution in [0, 0.1) is 5.82 Å².